The van der Waals surface area contributed by atoms with Crippen molar-refractivity contribution in [3.63, 3.8) is 0 Å². The minimum absolute atomic E-state index is 0.00544. The Morgan fingerprint density at radius 1 is 0.667 bits per heavy atom. The van der Waals surface area contributed by atoms with Gasteiger partial charge in [-0.3, -0.25) is 14.9 Å². The number of nitro benzene ring substituents is 1. The molecule has 45 heavy (non-hydrogen) atoms. The second kappa shape index (κ2) is 16.6. The maximum absolute atomic E-state index is 14.2. The number of carbonyl (C=O) groups is 1. The summed E-state index contributed by atoms with van der Waals surface area (Å²) in [6.07, 6.45) is 16.3. The van der Waals surface area contributed by atoms with Crippen molar-refractivity contribution in [2.24, 2.45) is 0 Å². The van der Waals surface area contributed by atoms with Gasteiger partial charge in [0.25, 0.3) is 5.69 Å². The molecular weight excluding hydrogens is 582 g/mol. The zero-order valence-corrected chi connectivity index (χ0v) is 27.6. The van der Waals surface area contributed by atoms with Crippen LogP contribution in [0.3, 0.4) is 0 Å². The van der Waals surface area contributed by atoms with Crippen LogP contribution in [0.15, 0.2) is 42.5 Å². The van der Waals surface area contributed by atoms with Crippen LogP contribution in [0.1, 0.15) is 142 Å². The number of aromatic hydroxyl groups is 2. The number of nitrogens with zero attached hydrogens (tertiary/aromatic N) is 1. The van der Waals surface area contributed by atoms with Crippen molar-refractivity contribution in [2.75, 3.05) is 0 Å². The molecule has 2 N–H and O–H groups in total. The van der Waals surface area contributed by atoms with Crippen LogP contribution >= 0.6 is 12.2 Å². The van der Waals surface area contributed by atoms with Gasteiger partial charge in [0, 0.05) is 17.2 Å². The number of thiocarbonyl (C=S) groups is 1. The Kier molecular flexibility index (Phi) is 12.7. The fourth-order valence-electron chi connectivity index (χ4n) is 6.51. The maximum atomic E-state index is 14.2. The Hall–Kier alpha value is -3.58. The third kappa shape index (κ3) is 7.99. The third-order valence-electron chi connectivity index (χ3n) is 9.03. The van der Waals surface area contributed by atoms with Gasteiger partial charge in [-0.25, -0.2) is 0 Å². The second-order valence-electron chi connectivity index (χ2n) is 12.4. The van der Waals surface area contributed by atoms with Crippen LogP contribution in [0.25, 0.3) is 11.1 Å². The van der Waals surface area contributed by atoms with E-state index in [0.29, 0.717) is 35.1 Å². The molecule has 3 aromatic rings. The molecule has 0 fully saturated rings. The number of aryl methyl sites for hydroxylation is 2. The van der Waals surface area contributed by atoms with Crippen LogP contribution in [0.5, 0.6) is 11.5 Å². The number of phenolic OH excluding ortho intramolecular Hbond substituents is 2. The summed E-state index contributed by atoms with van der Waals surface area (Å²) in [5.74, 6) is -1.01. The first-order chi connectivity index (χ1) is 21.8. The minimum Gasteiger partial charge on any atom is -0.507 e. The number of ketones is 1. The number of hydrogen-bond donors (Lipinski definition) is 2. The summed E-state index contributed by atoms with van der Waals surface area (Å²) >= 11 is 5.96. The van der Waals surface area contributed by atoms with Gasteiger partial charge >= 0.3 is 0 Å². The predicted octanol–water partition coefficient (Wildman–Crippen LogP) is 10.6. The molecule has 0 aliphatic heterocycles. The monoisotopic (exact) mass is 629 g/mol. The first kappa shape index (κ1) is 34.3. The Bertz CT molecular complexity index is 1510. The summed E-state index contributed by atoms with van der Waals surface area (Å²) in [6, 6.07) is 12.8. The standard InChI is InChI=1S/C38H47NO5S/c1-3-5-7-9-11-13-16-22-27-24-29(26-20-18-15-19-21-26)31-33(35(27)40)37(42)32-30(39(43)44)25-28(36(41)34(32)38(31)45)23-17-14-12-10-8-6-4-2/h15,18-21,24-25,40-41H,3-14,16-17,22-23H2,1-2H3. The summed E-state index contributed by atoms with van der Waals surface area (Å²) in [5.41, 5.74) is 2.33. The van der Waals surface area contributed by atoms with Crippen molar-refractivity contribution < 1.29 is 19.9 Å². The van der Waals surface area contributed by atoms with E-state index in [9.17, 15) is 25.1 Å². The zero-order valence-electron chi connectivity index (χ0n) is 26.8. The fraction of sp³-hybridized carbons (Fsp3) is 0.474. The van der Waals surface area contributed by atoms with E-state index in [1.807, 2.05) is 36.4 Å². The Labute approximate surface area is 273 Å². The molecule has 7 heteroatoms. The average molecular weight is 630 g/mol. The summed E-state index contributed by atoms with van der Waals surface area (Å²) in [5, 5.41) is 35.4. The van der Waals surface area contributed by atoms with Gasteiger partial charge in [-0.15, -0.1) is 0 Å². The third-order valence-corrected chi connectivity index (χ3v) is 9.43. The molecule has 3 aromatic carbocycles. The zero-order chi connectivity index (χ0) is 32.3. The average Bonchev–Trinajstić information content (AvgIpc) is 3.03. The number of phenols is 2. The second-order valence-corrected chi connectivity index (χ2v) is 12.8. The normalized spacial score (nSPS) is 12.3. The van der Waals surface area contributed by atoms with Crippen molar-refractivity contribution in [1.82, 2.24) is 0 Å². The van der Waals surface area contributed by atoms with Gasteiger partial charge in [0.1, 0.15) is 17.1 Å². The minimum atomic E-state index is -0.672. The molecule has 0 unspecified atom stereocenters. The number of benzene rings is 3. The molecular formula is C38H47NO5S. The van der Waals surface area contributed by atoms with E-state index in [2.05, 4.69) is 13.8 Å². The van der Waals surface area contributed by atoms with E-state index < -0.39 is 10.7 Å². The number of carbonyl (C=O) groups excluding carboxylic acids is 1. The molecule has 0 atom stereocenters. The summed E-state index contributed by atoms with van der Waals surface area (Å²) in [6.45, 7) is 4.38. The SMILES string of the molecule is CCCCCCCCCc1cc(-c2ccccc2)c2c(c1O)C(=O)c1c([N+](=O)[O-])cc(CCCCCCCCC)c(O)c1C2=S. The highest BCUT2D eigenvalue weighted by Gasteiger charge is 2.40. The first-order valence-corrected chi connectivity index (χ1v) is 17.3. The Balaban J connectivity index is 1.73. The first-order valence-electron chi connectivity index (χ1n) is 16.9. The molecule has 0 bridgehead atoms. The topological polar surface area (TPSA) is 101 Å². The summed E-state index contributed by atoms with van der Waals surface area (Å²) < 4.78 is 0. The fourth-order valence-corrected chi connectivity index (χ4v) is 6.93. The molecule has 0 aromatic heterocycles. The van der Waals surface area contributed by atoms with Gasteiger partial charge in [-0.2, -0.15) is 0 Å². The molecule has 0 amide bonds. The van der Waals surface area contributed by atoms with Gasteiger partial charge in [0.05, 0.1) is 20.9 Å². The molecule has 240 valence electrons. The summed E-state index contributed by atoms with van der Waals surface area (Å²) in [4.78, 5) is 26.2. The molecule has 0 saturated carbocycles. The number of rotatable bonds is 18. The lowest BCUT2D eigenvalue weighted by Crippen LogP contribution is -2.24. The number of nitro groups is 1. The van der Waals surface area contributed by atoms with Crippen molar-refractivity contribution in [3.8, 4) is 22.6 Å². The predicted molar refractivity (Wildman–Crippen MR) is 186 cm³/mol. The van der Waals surface area contributed by atoms with Gasteiger partial charge in [0.15, 0.2) is 0 Å². The van der Waals surface area contributed by atoms with Crippen LogP contribution in [-0.4, -0.2) is 25.8 Å². The van der Waals surface area contributed by atoms with Crippen LogP contribution < -0.4 is 0 Å². The highest BCUT2D eigenvalue weighted by molar-refractivity contribution is 7.81. The van der Waals surface area contributed by atoms with Crippen molar-refractivity contribution >= 4 is 28.6 Å². The van der Waals surface area contributed by atoms with Crippen LogP contribution in [-0.2, 0) is 12.8 Å². The molecule has 6 nitrogen and oxygen atoms in total. The maximum Gasteiger partial charge on any atom is 0.281 e. The van der Waals surface area contributed by atoms with Gasteiger partial charge in [-0.05, 0) is 48.4 Å². The van der Waals surface area contributed by atoms with E-state index in [1.165, 1.54) is 51.0 Å². The lowest BCUT2D eigenvalue weighted by molar-refractivity contribution is -0.385. The Morgan fingerprint density at radius 2 is 1.16 bits per heavy atom. The molecule has 4 rings (SSSR count). The molecule has 1 aliphatic rings. The largest absolute Gasteiger partial charge is 0.507 e. The lowest BCUT2D eigenvalue weighted by Gasteiger charge is -2.26. The van der Waals surface area contributed by atoms with E-state index in [-0.39, 0.29) is 38.7 Å². The lowest BCUT2D eigenvalue weighted by atomic mass is 9.77. The molecule has 0 spiro atoms. The van der Waals surface area contributed by atoms with Gasteiger partial charge < -0.3 is 10.2 Å². The molecule has 0 heterocycles. The van der Waals surface area contributed by atoms with E-state index in [1.54, 1.807) is 0 Å². The van der Waals surface area contributed by atoms with E-state index >= 15 is 0 Å². The van der Waals surface area contributed by atoms with Crippen LogP contribution in [0.2, 0.25) is 0 Å². The quantitative estimate of drug-likeness (QED) is 0.0491. The molecule has 0 saturated heterocycles. The van der Waals surface area contributed by atoms with Gasteiger partial charge in [-0.1, -0.05) is 133 Å². The smallest absolute Gasteiger partial charge is 0.281 e. The number of fused-ring (bicyclic) bond motifs is 2. The highest BCUT2D eigenvalue weighted by atomic mass is 32.1. The highest BCUT2D eigenvalue weighted by Crippen LogP contribution is 2.47. The molecule has 0 radical (unpaired) electrons. The summed E-state index contributed by atoms with van der Waals surface area (Å²) in [7, 11) is 0. The van der Waals surface area contributed by atoms with Crippen LogP contribution in [0.4, 0.5) is 5.69 Å². The van der Waals surface area contributed by atoms with Gasteiger partial charge in [0.2, 0.25) is 5.78 Å². The number of hydrogen-bond acceptors (Lipinski definition) is 6. The van der Waals surface area contributed by atoms with Crippen molar-refractivity contribution in [1.29, 1.82) is 0 Å². The van der Waals surface area contributed by atoms with Crippen molar-refractivity contribution in [2.45, 2.75) is 117 Å². The Morgan fingerprint density at radius 3 is 1.69 bits per heavy atom. The van der Waals surface area contributed by atoms with E-state index in [4.69, 9.17) is 12.2 Å². The van der Waals surface area contributed by atoms with Crippen molar-refractivity contribution in [3.05, 3.63) is 86.0 Å². The number of unbranched alkanes of at least 4 members (excludes halogenated alkanes) is 12. The van der Waals surface area contributed by atoms with Crippen LogP contribution in [0, 0.1) is 10.1 Å². The van der Waals surface area contributed by atoms with E-state index in [0.717, 1.165) is 50.5 Å². The molecule has 1 aliphatic carbocycles.